The Kier molecular flexibility index (Phi) is 6.73. The van der Waals surface area contributed by atoms with Gasteiger partial charge in [-0.05, 0) is 73.5 Å². The van der Waals surface area contributed by atoms with Crippen molar-refractivity contribution < 1.29 is 0 Å². The van der Waals surface area contributed by atoms with E-state index in [2.05, 4.69) is 115 Å². The van der Waals surface area contributed by atoms with Gasteiger partial charge < -0.3 is 0 Å². The molecule has 53 heavy (non-hydrogen) atoms. The zero-order chi connectivity index (χ0) is 34.9. The third-order valence-electron chi connectivity index (χ3n) is 10.5. The van der Waals surface area contributed by atoms with Crippen LogP contribution >= 0.6 is 11.3 Å². The van der Waals surface area contributed by atoms with Crippen molar-refractivity contribution in [1.29, 1.82) is 0 Å². The predicted molar refractivity (Wildman–Crippen MR) is 222 cm³/mol. The Morgan fingerprint density at radius 3 is 1.47 bits per heavy atom. The summed E-state index contributed by atoms with van der Waals surface area (Å²) in [5.74, 6) is 1.98. The molecule has 0 unspecified atom stereocenters. The number of aromatic nitrogens is 3. The fourth-order valence-electron chi connectivity index (χ4n) is 8.03. The van der Waals surface area contributed by atoms with Crippen LogP contribution in [0.15, 0.2) is 176 Å². The molecule has 0 bridgehead atoms. The van der Waals surface area contributed by atoms with E-state index in [1.165, 1.54) is 69.9 Å². The van der Waals surface area contributed by atoms with E-state index < -0.39 is 0 Å². The van der Waals surface area contributed by atoms with Gasteiger partial charge in [-0.15, -0.1) is 11.3 Å². The number of nitrogens with zero attached hydrogens (tertiary/aromatic N) is 3. The Balaban J connectivity index is 1.02. The van der Waals surface area contributed by atoms with Crippen LogP contribution in [-0.2, 0) is 0 Å². The second kappa shape index (κ2) is 11.9. The normalized spacial score (nSPS) is 11.8. The lowest BCUT2D eigenvalue weighted by atomic mass is 9.93. The molecule has 2 aromatic heterocycles. The standard InChI is InChI=1S/C49H29N3S/c1-3-11-31(12-4-1)47-50-48(32-13-5-2-6-14-32)52-49(51-47)33-23-21-30(22-24-33)36-17-10-20-44-46(36)42-29-34(25-28-43(42)53-44)35-26-27-41-38-16-8-7-15-37(38)40-19-9-18-39(35)45(40)41/h1-29H. The molecule has 246 valence electrons. The van der Waals surface area contributed by atoms with Gasteiger partial charge in [-0.3, -0.25) is 0 Å². The molecule has 8 aromatic carbocycles. The SMILES string of the molecule is c1ccc(-c2nc(-c3ccccc3)nc(-c3ccc(-c4cccc5sc6ccc(-c7ccc8c9c(cccc79)-c7ccccc7-8)cc6c45)cc3)n2)cc1. The summed E-state index contributed by atoms with van der Waals surface area (Å²) >= 11 is 1.86. The Hall–Kier alpha value is -6.75. The molecular weight excluding hydrogens is 663 g/mol. The summed E-state index contributed by atoms with van der Waals surface area (Å²) in [6, 6.07) is 62.7. The van der Waals surface area contributed by atoms with Crippen molar-refractivity contribution in [2.45, 2.75) is 0 Å². The van der Waals surface area contributed by atoms with Gasteiger partial charge >= 0.3 is 0 Å². The minimum atomic E-state index is 0.654. The number of hydrogen-bond acceptors (Lipinski definition) is 4. The lowest BCUT2D eigenvalue weighted by Crippen LogP contribution is -2.00. The van der Waals surface area contributed by atoms with E-state index in [1.807, 2.05) is 72.0 Å². The molecule has 0 amide bonds. The summed E-state index contributed by atoms with van der Waals surface area (Å²) in [6.07, 6.45) is 0. The summed E-state index contributed by atoms with van der Waals surface area (Å²) in [4.78, 5) is 14.8. The third-order valence-corrected chi connectivity index (χ3v) is 11.6. The zero-order valence-electron chi connectivity index (χ0n) is 28.5. The lowest BCUT2D eigenvalue weighted by molar-refractivity contribution is 1.07. The Morgan fingerprint density at radius 2 is 0.792 bits per heavy atom. The molecular formula is C49H29N3S. The van der Waals surface area contributed by atoms with Crippen LogP contribution in [0.25, 0.3) is 110 Å². The molecule has 3 nitrogen and oxygen atoms in total. The van der Waals surface area contributed by atoms with Gasteiger partial charge in [-0.25, -0.2) is 15.0 Å². The molecule has 0 radical (unpaired) electrons. The Morgan fingerprint density at radius 1 is 0.283 bits per heavy atom. The highest BCUT2D eigenvalue weighted by atomic mass is 32.1. The van der Waals surface area contributed by atoms with Gasteiger partial charge in [0.15, 0.2) is 17.5 Å². The lowest BCUT2D eigenvalue weighted by Gasteiger charge is -2.11. The van der Waals surface area contributed by atoms with Crippen LogP contribution in [0.2, 0.25) is 0 Å². The van der Waals surface area contributed by atoms with E-state index in [1.54, 1.807) is 0 Å². The summed E-state index contributed by atoms with van der Waals surface area (Å²) in [5, 5.41) is 5.23. The van der Waals surface area contributed by atoms with Crippen molar-refractivity contribution in [2.75, 3.05) is 0 Å². The van der Waals surface area contributed by atoms with E-state index in [4.69, 9.17) is 15.0 Å². The van der Waals surface area contributed by atoms with Crippen molar-refractivity contribution in [3.05, 3.63) is 176 Å². The first-order valence-corrected chi connectivity index (χ1v) is 18.7. The molecule has 1 aliphatic rings. The number of benzene rings is 8. The first-order chi connectivity index (χ1) is 26.3. The Labute approximate surface area is 310 Å². The molecule has 0 saturated heterocycles. The van der Waals surface area contributed by atoms with E-state index in [0.29, 0.717) is 17.5 Å². The predicted octanol–water partition coefficient (Wildman–Crippen LogP) is 13.4. The second-order valence-corrected chi connectivity index (χ2v) is 14.6. The van der Waals surface area contributed by atoms with Crippen LogP contribution < -0.4 is 0 Å². The fraction of sp³-hybridized carbons (Fsp3) is 0. The number of fused-ring (bicyclic) bond motifs is 6. The molecule has 1 aliphatic carbocycles. The zero-order valence-corrected chi connectivity index (χ0v) is 29.3. The fourth-order valence-corrected chi connectivity index (χ4v) is 9.14. The van der Waals surface area contributed by atoms with Crippen LogP contribution in [0, 0.1) is 0 Å². The van der Waals surface area contributed by atoms with Gasteiger partial charge in [0.2, 0.25) is 0 Å². The highest BCUT2D eigenvalue weighted by Crippen LogP contribution is 2.50. The molecule has 10 aromatic rings. The number of thiophene rings is 1. The summed E-state index contributed by atoms with van der Waals surface area (Å²) in [6.45, 7) is 0. The van der Waals surface area contributed by atoms with E-state index in [-0.39, 0.29) is 0 Å². The average molecular weight is 692 g/mol. The van der Waals surface area contributed by atoms with Crippen molar-refractivity contribution in [3.63, 3.8) is 0 Å². The third kappa shape index (κ3) is 4.84. The maximum atomic E-state index is 4.95. The highest BCUT2D eigenvalue weighted by molar-refractivity contribution is 7.26. The molecule has 0 aliphatic heterocycles. The van der Waals surface area contributed by atoms with Gasteiger partial charge in [-0.1, -0.05) is 158 Å². The maximum Gasteiger partial charge on any atom is 0.164 e. The molecule has 0 saturated carbocycles. The van der Waals surface area contributed by atoms with Gasteiger partial charge in [0.1, 0.15) is 0 Å². The summed E-state index contributed by atoms with van der Waals surface area (Å²) < 4.78 is 2.57. The van der Waals surface area contributed by atoms with Crippen LogP contribution in [0.5, 0.6) is 0 Å². The van der Waals surface area contributed by atoms with Crippen LogP contribution in [0.4, 0.5) is 0 Å². The average Bonchev–Trinajstić information content (AvgIpc) is 3.78. The molecule has 0 N–H and O–H groups in total. The van der Waals surface area contributed by atoms with Gasteiger partial charge in [0.25, 0.3) is 0 Å². The van der Waals surface area contributed by atoms with Gasteiger partial charge in [0, 0.05) is 36.9 Å². The van der Waals surface area contributed by atoms with Crippen LogP contribution in [-0.4, -0.2) is 15.0 Å². The van der Waals surface area contributed by atoms with E-state index >= 15 is 0 Å². The van der Waals surface area contributed by atoms with Crippen molar-refractivity contribution in [1.82, 2.24) is 15.0 Å². The van der Waals surface area contributed by atoms with Crippen molar-refractivity contribution >= 4 is 42.3 Å². The minimum Gasteiger partial charge on any atom is -0.208 e. The number of rotatable bonds is 5. The molecule has 0 fully saturated rings. The topological polar surface area (TPSA) is 38.7 Å². The monoisotopic (exact) mass is 691 g/mol. The summed E-state index contributed by atoms with van der Waals surface area (Å²) in [5.41, 5.74) is 13.1. The maximum absolute atomic E-state index is 4.95. The highest BCUT2D eigenvalue weighted by Gasteiger charge is 2.22. The molecule has 4 heteroatoms. The molecule has 0 atom stereocenters. The molecule has 2 heterocycles. The largest absolute Gasteiger partial charge is 0.208 e. The summed E-state index contributed by atoms with van der Waals surface area (Å²) in [7, 11) is 0. The van der Waals surface area contributed by atoms with Crippen LogP contribution in [0.3, 0.4) is 0 Å². The van der Waals surface area contributed by atoms with Gasteiger partial charge in [-0.2, -0.15) is 0 Å². The van der Waals surface area contributed by atoms with Crippen molar-refractivity contribution in [3.8, 4) is 78.7 Å². The second-order valence-electron chi connectivity index (χ2n) is 13.5. The van der Waals surface area contributed by atoms with Gasteiger partial charge in [0.05, 0.1) is 0 Å². The number of hydrogen-bond donors (Lipinski definition) is 0. The van der Waals surface area contributed by atoms with Crippen LogP contribution in [0.1, 0.15) is 0 Å². The van der Waals surface area contributed by atoms with Crippen molar-refractivity contribution in [2.24, 2.45) is 0 Å². The Bertz CT molecular complexity index is 2950. The quantitative estimate of drug-likeness (QED) is 0.180. The molecule has 11 rings (SSSR count). The first-order valence-electron chi connectivity index (χ1n) is 17.9. The smallest absolute Gasteiger partial charge is 0.164 e. The minimum absolute atomic E-state index is 0.654. The molecule has 0 spiro atoms. The van der Waals surface area contributed by atoms with E-state index in [0.717, 1.165) is 22.3 Å². The van der Waals surface area contributed by atoms with E-state index in [9.17, 15) is 0 Å². The first kappa shape index (κ1) is 29.9.